The predicted octanol–water partition coefficient (Wildman–Crippen LogP) is 5.19. The lowest BCUT2D eigenvalue weighted by Gasteiger charge is -2.15. The van der Waals surface area contributed by atoms with Gasteiger partial charge in [-0.15, -0.1) is 0 Å². The zero-order chi connectivity index (χ0) is 23.3. The number of ether oxygens (including phenoxy) is 1. The van der Waals surface area contributed by atoms with E-state index in [4.69, 9.17) is 27.9 Å². The number of amides is 1. The van der Waals surface area contributed by atoms with Crippen LogP contribution in [0.5, 0.6) is 5.75 Å². The molecule has 6 nitrogen and oxygen atoms in total. The number of halogens is 3. The number of hydrogen-bond acceptors (Lipinski definition) is 4. The molecule has 0 fully saturated rings. The van der Waals surface area contributed by atoms with E-state index in [-0.39, 0.29) is 34.1 Å². The van der Waals surface area contributed by atoms with Crippen molar-refractivity contribution < 1.29 is 22.3 Å². The fourth-order valence-electron chi connectivity index (χ4n) is 2.76. The SMILES string of the molecule is C[C@H](NC(=O)COc1ccc(S(=O)(=O)Nc2ccc(Cl)cc2)cc1Cl)c1ccc(F)cc1. The maximum atomic E-state index is 13.0. The van der Waals surface area contributed by atoms with Crippen LogP contribution in [0.1, 0.15) is 18.5 Å². The highest BCUT2D eigenvalue weighted by Gasteiger charge is 2.17. The minimum Gasteiger partial charge on any atom is -0.482 e. The van der Waals surface area contributed by atoms with Crippen LogP contribution in [0.4, 0.5) is 10.1 Å². The third-order valence-electron chi connectivity index (χ3n) is 4.42. The second-order valence-electron chi connectivity index (χ2n) is 6.83. The van der Waals surface area contributed by atoms with Crippen LogP contribution in [-0.4, -0.2) is 20.9 Å². The van der Waals surface area contributed by atoms with E-state index in [0.29, 0.717) is 10.7 Å². The molecule has 0 saturated heterocycles. The molecule has 10 heteroatoms. The Morgan fingerprint density at radius 2 is 1.69 bits per heavy atom. The molecule has 32 heavy (non-hydrogen) atoms. The zero-order valence-corrected chi connectivity index (χ0v) is 19.1. The van der Waals surface area contributed by atoms with Crippen LogP contribution in [0, 0.1) is 5.82 Å². The summed E-state index contributed by atoms with van der Waals surface area (Å²) in [7, 11) is -3.89. The van der Waals surface area contributed by atoms with Crippen LogP contribution in [0.2, 0.25) is 10.0 Å². The molecule has 168 valence electrons. The zero-order valence-electron chi connectivity index (χ0n) is 16.8. The summed E-state index contributed by atoms with van der Waals surface area (Å²) in [6, 6.07) is 15.5. The molecule has 0 aromatic heterocycles. The Kier molecular flexibility index (Phi) is 7.60. The normalized spacial score (nSPS) is 12.1. The molecule has 0 aliphatic heterocycles. The predicted molar refractivity (Wildman–Crippen MR) is 122 cm³/mol. The number of benzene rings is 3. The van der Waals surface area contributed by atoms with E-state index in [1.54, 1.807) is 31.2 Å². The third-order valence-corrected chi connectivity index (χ3v) is 6.34. The minimum atomic E-state index is -3.89. The smallest absolute Gasteiger partial charge is 0.261 e. The van der Waals surface area contributed by atoms with Gasteiger partial charge in [-0.1, -0.05) is 35.3 Å². The maximum absolute atomic E-state index is 13.0. The summed E-state index contributed by atoms with van der Waals surface area (Å²) in [5.74, 6) is -0.625. The molecule has 0 aliphatic rings. The summed E-state index contributed by atoms with van der Waals surface area (Å²) in [5, 5.41) is 3.24. The fraction of sp³-hybridized carbons (Fsp3) is 0.136. The van der Waals surface area contributed by atoms with Gasteiger partial charge in [0.15, 0.2) is 6.61 Å². The van der Waals surface area contributed by atoms with Gasteiger partial charge in [0.25, 0.3) is 15.9 Å². The Morgan fingerprint density at radius 3 is 2.31 bits per heavy atom. The molecule has 3 aromatic carbocycles. The van der Waals surface area contributed by atoms with Crippen molar-refractivity contribution in [3.63, 3.8) is 0 Å². The summed E-state index contributed by atoms with van der Waals surface area (Å²) in [4.78, 5) is 12.1. The Bertz CT molecular complexity index is 1200. The molecule has 0 bridgehead atoms. The Hall–Kier alpha value is -2.81. The standard InChI is InChI=1S/C22H19Cl2FN2O4S/c1-14(15-2-6-17(25)7-3-15)26-22(28)13-31-21-11-10-19(12-20(21)24)32(29,30)27-18-8-4-16(23)5-9-18/h2-12,14,27H,13H2,1H3,(H,26,28)/t14-/m0/s1. The second kappa shape index (κ2) is 10.2. The van der Waals surface area contributed by atoms with Crippen molar-refractivity contribution in [1.29, 1.82) is 0 Å². The first-order chi connectivity index (χ1) is 15.1. The molecule has 1 atom stereocenters. The summed E-state index contributed by atoms with van der Waals surface area (Å²) in [6.45, 7) is 1.42. The Balaban J connectivity index is 1.60. The number of hydrogen-bond donors (Lipinski definition) is 2. The number of sulfonamides is 1. The van der Waals surface area contributed by atoms with Crippen molar-refractivity contribution in [2.45, 2.75) is 17.9 Å². The molecule has 2 N–H and O–H groups in total. The first kappa shape index (κ1) is 23.8. The largest absolute Gasteiger partial charge is 0.482 e. The quantitative estimate of drug-likeness (QED) is 0.449. The highest BCUT2D eigenvalue weighted by Crippen LogP contribution is 2.28. The van der Waals surface area contributed by atoms with Gasteiger partial charge >= 0.3 is 0 Å². The first-order valence-corrected chi connectivity index (χ1v) is 11.6. The molecule has 3 rings (SSSR count). The van der Waals surface area contributed by atoms with Crippen molar-refractivity contribution in [2.24, 2.45) is 0 Å². The summed E-state index contributed by atoms with van der Waals surface area (Å²) in [6.07, 6.45) is 0. The topological polar surface area (TPSA) is 84.5 Å². The van der Waals surface area contributed by atoms with Crippen molar-refractivity contribution in [2.75, 3.05) is 11.3 Å². The number of nitrogens with one attached hydrogen (secondary N) is 2. The lowest BCUT2D eigenvalue weighted by Crippen LogP contribution is -2.31. The van der Waals surface area contributed by atoms with Crippen LogP contribution in [0.3, 0.4) is 0 Å². The third kappa shape index (κ3) is 6.35. The maximum Gasteiger partial charge on any atom is 0.261 e. The van der Waals surface area contributed by atoms with Gasteiger partial charge < -0.3 is 10.1 Å². The van der Waals surface area contributed by atoms with E-state index in [1.165, 1.54) is 42.5 Å². The van der Waals surface area contributed by atoms with E-state index in [2.05, 4.69) is 10.0 Å². The molecule has 0 spiro atoms. The summed E-state index contributed by atoms with van der Waals surface area (Å²) < 4.78 is 46.0. The molecule has 1 amide bonds. The lowest BCUT2D eigenvalue weighted by atomic mass is 10.1. The average Bonchev–Trinajstić information content (AvgIpc) is 2.74. The average molecular weight is 497 g/mol. The first-order valence-electron chi connectivity index (χ1n) is 9.39. The van der Waals surface area contributed by atoms with E-state index in [0.717, 1.165) is 5.56 Å². The summed E-state index contributed by atoms with van der Waals surface area (Å²) >= 11 is 12.0. The van der Waals surface area contributed by atoms with Crippen molar-refractivity contribution in [3.05, 3.63) is 88.2 Å². The number of carbonyl (C=O) groups is 1. The fourth-order valence-corrected chi connectivity index (χ4v) is 4.27. The number of anilines is 1. The highest BCUT2D eigenvalue weighted by molar-refractivity contribution is 7.92. The molecule has 0 unspecified atom stereocenters. The molecule has 0 radical (unpaired) electrons. The van der Waals surface area contributed by atoms with Crippen LogP contribution >= 0.6 is 23.2 Å². The van der Waals surface area contributed by atoms with Gasteiger partial charge in [-0.2, -0.15) is 0 Å². The number of carbonyl (C=O) groups excluding carboxylic acids is 1. The van der Waals surface area contributed by atoms with Gasteiger partial charge in [-0.05, 0) is 67.1 Å². The van der Waals surface area contributed by atoms with Crippen LogP contribution in [0.15, 0.2) is 71.6 Å². The van der Waals surface area contributed by atoms with Crippen LogP contribution in [0.25, 0.3) is 0 Å². The van der Waals surface area contributed by atoms with Crippen molar-refractivity contribution in [1.82, 2.24) is 5.32 Å². The van der Waals surface area contributed by atoms with E-state index >= 15 is 0 Å². The summed E-state index contributed by atoms with van der Waals surface area (Å²) in [5.41, 5.74) is 1.08. The molecule has 0 aliphatic carbocycles. The van der Waals surface area contributed by atoms with E-state index < -0.39 is 15.9 Å². The molecular weight excluding hydrogens is 478 g/mol. The second-order valence-corrected chi connectivity index (χ2v) is 9.36. The number of rotatable bonds is 8. The van der Waals surface area contributed by atoms with Gasteiger partial charge in [0.05, 0.1) is 16.0 Å². The highest BCUT2D eigenvalue weighted by atomic mass is 35.5. The molecule has 3 aromatic rings. The lowest BCUT2D eigenvalue weighted by molar-refractivity contribution is -0.123. The molecule has 0 heterocycles. The molecule has 0 saturated carbocycles. The minimum absolute atomic E-state index is 0.0309. The van der Waals surface area contributed by atoms with E-state index in [1.807, 2.05) is 0 Å². The van der Waals surface area contributed by atoms with E-state index in [9.17, 15) is 17.6 Å². The van der Waals surface area contributed by atoms with Gasteiger partial charge in [-0.25, -0.2) is 12.8 Å². The molecular formula is C22H19Cl2FN2O4S. The van der Waals surface area contributed by atoms with Crippen LogP contribution < -0.4 is 14.8 Å². The van der Waals surface area contributed by atoms with Crippen molar-refractivity contribution >= 4 is 44.8 Å². The van der Waals surface area contributed by atoms with Gasteiger partial charge in [0.2, 0.25) is 0 Å². The Morgan fingerprint density at radius 1 is 1.03 bits per heavy atom. The Labute approximate surface area is 195 Å². The van der Waals surface area contributed by atoms with Crippen LogP contribution in [-0.2, 0) is 14.8 Å². The van der Waals surface area contributed by atoms with Gasteiger partial charge in [0.1, 0.15) is 11.6 Å². The van der Waals surface area contributed by atoms with Crippen molar-refractivity contribution in [3.8, 4) is 5.75 Å². The van der Waals surface area contributed by atoms with Gasteiger partial charge in [-0.3, -0.25) is 9.52 Å². The van der Waals surface area contributed by atoms with Gasteiger partial charge in [0, 0.05) is 10.7 Å². The monoisotopic (exact) mass is 496 g/mol.